The molecule has 0 spiro atoms. The molecule has 0 aromatic heterocycles. The Morgan fingerprint density at radius 3 is 2.08 bits per heavy atom. The van der Waals surface area contributed by atoms with Crippen molar-refractivity contribution in [2.45, 2.75) is 37.9 Å². The third-order valence-electron chi connectivity index (χ3n) is 3.48. The maximum absolute atomic E-state index is 11.5. The second kappa shape index (κ2) is 8.39. The van der Waals surface area contributed by atoms with Crippen LogP contribution in [0.25, 0.3) is 0 Å². The SMILES string of the molecule is C=C(C)C(=O)OC[C@H]1O[C@](O)(COC(=O)C(=C)C)[C@@H](OC)[C@@H]1OC. The van der Waals surface area contributed by atoms with Crippen molar-refractivity contribution in [3.63, 3.8) is 0 Å². The molecule has 0 unspecified atom stereocenters. The van der Waals surface area contributed by atoms with E-state index in [-0.39, 0.29) is 17.8 Å². The van der Waals surface area contributed by atoms with E-state index >= 15 is 0 Å². The van der Waals surface area contributed by atoms with Gasteiger partial charge in [-0.25, -0.2) is 9.59 Å². The van der Waals surface area contributed by atoms with Gasteiger partial charge >= 0.3 is 11.9 Å². The van der Waals surface area contributed by atoms with Crippen LogP contribution in [0.15, 0.2) is 24.3 Å². The lowest BCUT2D eigenvalue weighted by atomic mass is 10.1. The van der Waals surface area contributed by atoms with Gasteiger partial charge in [-0.05, 0) is 13.8 Å². The highest BCUT2D eigenvalue weighted by Crippen LogP contribution is 2.33. The second-order valence-electron chi connectivity index (χ2n) is 5.59. The van der Waals surface area contributed by atoms with Crippen LogP contribution in [0.2, 0.25) is 0 Å². The van der Waals surface area contributed by atoms with Gasteiger partial charge in [0, 0.05) is 25.4 Å². The molecule has 0 radical (unpaired) electrons. The smallest absolute Gasteiger partial charge is 0.333 e. The number of carbonyl (C=O) groups is 2. The summed E-state index contributed by atoms with van der Waals surface area (Å²) >= 11 is 0. The predicted molar refractivity (Wildman–Crippen MR) is 83.0 cm³/mol. The van der Waals surface area contributed by atoms with E-state index in [1.807, 2.05) is 0 Å². The monoisotopic (exact) mass is 344 g/mol. The van der Waals surface area contributed by atoms with Gasteiger partial charge in [0.25, 0.3) is 0 Å². The van der Waals surface area contributed by atoms with E-state index in [4.69, 9.17) is 23.7 Å². The average Bonchev–Trinajstić information content (AvgIpc) is 2.81. The van der Waals surface area contributed by atoms with Crippen LogP contribution in [0.4, 0.5) is 0 Å². The van der Waals surface area contributed by atoms with Crippen LogP contribution in [-0.2, 0) is 33.3 Å². The molecule has 4 atom stereocenters. The second-order valence-corrected chi connectivity index (χ2v) is 5.59. The third-order valence-corrected chi connectivity index (χ3v) is 3.48. The zero-order valence-electron chi connectivity index (χ0n) is 14.4. The van der Waals surface area contributed by atoms with Gasteiger partial charge in [0.1, 0.15) is 31.5 Å². The number of hydrogen-bond donors (Lipinski definition) is 1. The van der Waals surface area contributed by atoms with Gasteiger partial charge in [0.15, 0.2) is 0 Å². The Morgan fingerprint density at radius 2 is 1.62 bits per heavy atom. The van der Waals surface area contributed by atoms with Crippen LogP contribution in [-0.4, -0.2) is 68.6 Å². The van der Waals surface area contributed by atoms with Crippen molar-refractivity contribution < 1.29 is 38.4 Å². The van der Waals surface area contributed by atoms with Crippen LogP contribution in [0.1, 0.15) is 13.8 Å². The van der Waals surface area contributed by atoms with E-state index in [1.165, 1.54) is 28.1 Å². The molecular formula is C16H24O8. The summed E-state index contributed by atoms with van der Waals surface area (Å²) in [6.07, 6.45) is -2.49. The van der Waals surface area contributed by atoms with Crippen molar-refractivity contribution >= 4 is 11.9 Å². The Balaban J connectivity index is 2.82. The summed E-state index contributed by atoms with van der Waals surface area (Å²) in [5, 5.41) is 10.6. The van der Waals surface area contributed by atoms with Gasteiger partial charge in [-0.2, -0.15) is 0 Å². The Hall–Kier alpha value is -1.74. The molecule has 1 saturated heterocycles. The number of rotatable bonds is 8. The summed E-state index contributed by atoms with van der Waals surface area (Å²) in [5.74, 6) is -3.21. The van der Waals surface area contributed by atoms with E-state index in [9.17, 15) is 14.7 Å². The maximum atomic E-state index is 11.5. The number of aliphatic hydroxyl groups is 1. The van der Waals surface area contributed by atoms with Crippen LogP contribution in [0.3, 0.4) is 0 Å². The van der Waals surface area contributed by atoms with Crippen LogP contribution in [0.5, 0.6) is 0 Å². The number of ether oxygens (including phenoxy) is 5. The summed E-state index contributed by atoms with van der Waals surface area (Å²) in [4.78, 5) is 23.0. The van der Waals surface area contributed by atoms with Crippen LogP contribution >= 0.6 is 0 Å². The fraction of sp³-hybridized carbons (Fsp3) is 0.625. The highest BCUT2D eigenvalue weighted by molar-refractivity contribution is 5.87. The van der Waals surface area contributed by atoms with Crippen LogP contribution < -0.4 is 0 Å². The Morgan fingerprint density at radius 1 is 1.08 bits per heavy atom. The molecule has 1 heterocycles. The molecule has 1 rings (SSSR count). The van der Waals surface area contributed by atoms with Gasteiger partial charge in [-0.15, -0.1) is 0 Å². The summed E-state index contributed by atoms with van der Waals surface area (Å²) in [6, 6.07) is 0. The van der Waals surface area contributed by atoms with E-state index in [1.54, 1.807) is 0 Å². The lowest BCUT2D eigenvalue weighted by molar-refractivity contribution is -0.256. The zero-order chi connectivity index (χ0) is 18.5. The molecular weight excluding hydrogens is 320 g/mol. The van der Waals surface area contributed by atoms with Gasteiger partial charge in [-0.3, -0.25) is 0 Å². The Kier molecular flexibility index (Phi) is 7.09. The fourth-order valence-electron chi connectivity index (χ4n) is 2.26. The summed E-state index contributed by atoms with van der Waals surface area (Å²) in [7, 11) is 2.76. The van der Waals surface area contributed by atoms with Gasteiger partial charge in [0.05, 0.1) is 0 Å². The topological polar surface area (TPSA) is 101 Å². The minimum Gasteiger partial charge on any atom is -0.459 e. The van der Waals surface area contributed by atoms with Crippen molar-refractivity contribution in [3.8, 4) is 0 Å². The fourth-order valence-corrected chi connectivity index (χ4v) is 2.26. The van der Waals surface area contributed by atoms with Crippen molar-refractivity contribution in [2.24, 2.45) is 0 Å². The molecule has 0 aliphatic carbocycles. The minimum absolute atomic E-state index is 0.180. The predicted octanol–water partition coefficient (Wildman–Crippen LogP) is 0.342. The van der Waals surface area contributed by atoms with E-state index in [2.05, 4.69) is 13.2 Å². The maximum Gasteiger partial charge on any atom is 0.333 e. The van der Waals surface area contributed by atoms with Crippen molar-refractivity contribution in [1.29, 1.82) is 0 Å². The first-order valence-electron chi connectivity index (χ1n) is 7.27. The molecule has 1 fully saturated rings. The normalized spacial score (nSPS) is 29.1. The molecule has 8 heteroatoms. The molecule has 1 aliphatic rings. The van der Waals surface area contributed by atoms with E-state index < -0.39 is 42.6 Å². The van der Waals surface area contributed by atoms with Crippen molar-refractivity contribution in [2.75, 3.05) is 27.4 Å². The quantitative estimate of drug-likeness (QED) is 0.497. The number of carbonyl (C=O) groups excluding carboxylic acids is 2. The van der Waals surface area contributed by atoms with Gasteiger partial charge < -0.3 is 28.8 Å². The van der Waals surface area contributed by atoms with Gasteiger partial charge in [0.2, 0.25) is 5.79 Å². The summed E-state index contributed by atoms with van der Waals surface area (Å²) in [5.41, 5.74) is 0.414. The summed E-state index contributed by atoms with van der Waals surface area (Å²) < 4.78 is 26.0. The molecule has 1 N–H and O–H groups in total. The number of esters is 2. The minimum atomic E-state index is -1.94. The molecule has 24 heavy (non-hydrogen) atoms. The Bertz CT molecular complexity index is 514. The number of hydrogen-bond acceptors (Lipinski definition) is 8. The first-order valence-corrected chi connectivity index (χ1v) is 7.27. The van der Waals surface area contributed by atoms with E-state index in [0.29, 0.717) is 0 Å². The standard InChI is InChI=1S/C16H24O8/c1-9(2)14(17)22-7-11-12(20-5)13(21-6)16(19,24-11)8-23-15(18)10(3)4/h11-13,19H,1,3,7-8H2,2,4-6H3/t11-,12-,13+,16-/m1/s1. The largest absolute Gasteiger partial charge is 0.459 e. The molecule has 1 aliphatic heterocycles. The van der Waals surface area contributed by atoms with Crippen LogP contribution in [0, 0.1) is 0 Å². The highest BCUT2D eigenvalue weighted by atomic mass is 16.7. The Labute approximate surface area is 141 Å². The van der Waals surface area contributed by atoms with E-state index in [0.717, 1.165) is 0 Å². The zero-order valence-corrected chi connectivity index (χ0v) is 14.4. The molecule has 136 valence electrons. The molecule has 8 nitrogen and oxygen atoms in total. The lowest BCUT2D eigenvalue weighted by Crippen LogP contribution is -2.49. The average molecular weight is 344 g/mol. The molecule has 0 bridgehead atoms. The summed E-state index contributed by atoms with van der Waals surface area (Å²) in [6.45, 7) is 9.26. The van der Waals surface area contributed by atoms with Crippen molar-refractivity contribution in [3.05, 3.63) is 24.3 Å². The first kappa shape index (κ1) is 20.3. The molecule has 0 saturated carbocycles. The number of methoxy groups -OCH3 is 2. The van der Waals surface area contributed by atoms with Gasteiger partial charge in [-0.1, -0.05) is 13.2 Å². The highest BCUT2D eigenvalue weighted by Gasteiger charge is 2.56. The third kappa shape index (κ3) is 4.64. The first-order chi connectivity index (χ1) is 11.2. The molecule has 0 amide bonds. The lowest BCUT2D eigenvalue weighted by Gasteiger charge is -2.28. The molecule has 0 aromatic rings. The van der Waals surface area contributed by atoms with Crippen molar-refractivity contribution in [1.82, 2.24) is 0 Å². The molecule has 0 aromatic carbocycles.